The van der Waals surface area contributed by atoms with Gasteiger partial charge in [0.2, 0.25) is 5.91 Å². The van der Waals surface area contributed by atoms with Crippen LogP contribution in [0.25, 0.3) is 11.4 Å². The highest BCUT2D eigenvalue weighted by atomic mass is 35.5. The molecular weight excluding hydrogens is 549 g/mol. The Morgan fingerprint density at radius 3 is 2.18 bits per heavy atom. The first kappa shape index (κ1) is 30.5. The second kappa shape index (κ2) is 14.4. The van der Waals surface area contributed by atoms with Crippen LogP contribution in [-0.2, 0) is 23.1 Å². The number of piperazine rings is 1. The smallest absolute Gasteiger partial charge is 0.409 e. The monoisotopic (exact) mass is 581 g/mol. The van der Waals surface area contributed by atoms with E-state index in [2.05, 4.69) is 15.3 Å². The first-order valence-corrected chi connectivity index (χ1v) is 14.8. The van der Waals surface area contributed by atoms with Crippen molar-refractivity contribution in [3.63, 3.8) is 0 Å². The molecule has 12 nitrogen and oxygen atoms in total. The molecule has 1 aliphatic rings. The zero-order valence-electron chi connectivity index (χ0n) is 22.2. The minimum absolute atomic E-state index is 0.0428. The van der Waals surface area contributed by atoms with E-state index in [-0.39, 0.29) is 68.8 Å². The maximum Gasteiger partial charge on any atom is 0.409 e. The molecule has 1 aromatic carbocycles. The van der Waals surface area contributed by atoms with Crippen molar-refractivity contribution >= 4 is 37.1 Å². The summed E-state index contributed by atoms with van der Waals surface area (Å²) in [6, 6.07) is 9.01. The highest BCUT2D eigenvalue weighted by Gasteiger charge is 2.37. The summed E-state index contributed by atoms with van der Waals surface area (Å²) >= 11 is 6.18. The lowest BCUT2D eigenvalue weighted by atomic mass is 10.2. The number of nitrogens with one attached hydrogen (secondary N) is 1. The Morgan fingerprint density at radius 2 is 1.59 bits per heavy atom. The molecule has 14 heteroatoms. The van der Waals surface area contributed by atoms with Gasteiger partial charge in [-0.2, -0.15) is 0 Å². The molecule has 1 unspecified atom stereocenters. The zero-order valence-corrected chi connectivity index (χ0v) is 23.8. The van der Waals surface area contributed by atoms with E-state index in [1.54, 1.807) is 45.0 Å². The third-order valence-electron chi connectivity index (χ3n) is 5.74. The van der Waals surface area contributed by atoms with Crippen molar-refractivity contribution in [3.05, 3.63) is 47.2 Å². The Hall–Kier alpha value is -3.05. The average Bonchev–Trinajstić information content (AvgIpc) is 2.93. The molecule has 0 aliphatic carbocycles. The lowest BCUT2D eigenvalue weighted by Crippen LogP contribution is -2.57. The van der Waals surface area contributed by atoms with Gasteiger partial charge >= 0.3 is 13.7 Å². The van der Waals surface area contributed by atoms with Crippen LogP contribution in [-0.4, -0.2) is 95.9 Å². The summed E-state index contributed by atoms with van der Waals surface area (Å²) in [4.78, 5) is 50.5. The van der Waals surface area contributed by atoms with E-state index in [1.165, 1.54) is 15.9 Å². The molecule has 212 valence electrons. The second-order valence-electron chi connectivity index (χ2n) is 8.43. The number of carbonyl (C=O) groups excluding carboxylic acids is 3. The van der Waals surface area contributed by atoms with Gasteiger partial charge in [0.1, 0.15) is 16.9 Å². The Balaban J connectivity index is 1.84. The van der Waals surface area contributed by atoms with E-state index in [9.17, 15) is 18.9 Å². The van der Waals surface area contributed by atoms with Gasteiger partial charge in [-0.1, -0.05) is 41.9 Å². The van der Waals surface area contributed by atoms with Crippen molar-refractivity contribution in [2.45, 2.75) is 26.8 Å². The summed E-state index contributed by atoms with van der Waals surface area (Å²) < 4.78 is 29.2. The van der Waals surface area contributed by atoms with Crippen LogP contribution in [0.4, 0.5) is 4.79 Å². The first-order valence-electron chi connectivity index (χ1n) is 12.7. The number of carbonyl (C=O) groups is 3. The van der Waals surface area contributed by atoms with E-state index in [0.717, 1.165) is 0 Å². The van der Waals surface area contributed by atoms with Gasteiger partial charge in [-0.05, 0) is 20.8 Å². The molecule has 1 fully saturated rings. The molecule has 1 N–H and O–H groups in total. The van der Waals surface area contributed by atoms with Crippen molar-refractivity contribution in [1.82, 2.24) is 25.1 Å². The SMILES string of the molecule is CCOC(=O)N1CCN(C(=O)C(CP(=O)(OCC)OCC)NC(=O)c2cc(Cl)nc(-c3ccccc3)n2)CC1. The molecule has 3 rings (SSSR count). The lowest BCUT2D eigenvalue weighted by Gasteiger charge is -2.36. The van der Waals surface area contributed by atoms with Gasteiger partial charge in [0.15, 0.2) is 5.82 Å². The molecule has 0 radical (unpaired) electrons. The summed E-state index contributed by atoms with van der Waals surface area (Å²) in [5.74, 6) is -0.963. The number of rotatable bonds is 11. The zero-order chi connectivity index (χ0) is 28.4. The quantitative estimate of drug-likeness (QED) is 0.312. The van der Waals surface area contributed by atoms with Gasteiger partial charge in [-0.3, -0.25) is 14.2 Å². The highest BCUT2D eigenvalue weighted by molar-refractivity contribution is 7.54. The highest BCUT2D eigenvalue weighted by Crippen LogP contribution is 2.48. The Labute approximate surface area is 232 Å². The fraction of sp³-hybridized carbons (Fsp3) is 0.480. The van der Waals surface area contributed by atoms with Gasteiger partial charge in [0.05, 0.1) is 26.0 Å². The predicted octanol–water partition coefficient (Wildman–Crippen LogP) is 3.46. The van der Waals surface area contributed by atoms with Crippen LogP contribution in [0.15, 0.2) is 36.4 Å². The minimum atomic E-state index is -3.74. The average molecular weight is 582 g/mol. The molecule has 0 saturated carbocycles. The van der Waals surface area contributed by atoms with Gasteiger partial charge in [0, 0.05) is 37.8 Å². The van der Waals surface area contributed by atoms with E-state index in [4.69, 9.17) is 25.4 Å². The molecule has 1 aliphatic heterocycles. The number of nitrogens with zero attached hydrogens (tertiary/aromatic N) is 4. The van der Waals surface area contributed by atoms with Crippen molar-refractivity contribution in [2.75, 3.05) is 52.2 Å². The largest absolute Gasteiger partial charge is 0.450 e. The summed E-state index contributed by atoms with van der Waals surface area (Å²) in [5.41, 5.74) is 0.583. The fourth-order valence-electron chi connectivity index (χ4n) is 3.97. The van der Waals surface area contributed by atoms with E-state index in [0.29, 0.717) is 5.56 Å². The van der Waals surface area contributed by atoms with Crippen molar-refractivity contribution in [1.29, 1.82) is 0 Å². The van der Waals surface area contributed by atoms with E-state index < -0.39 is 31.5 Å². The number of benzene rings is 1. The van der Waals surface area contributed by atoms with Crippen molar-refractivity contribution in [3.8, 4) is 11.4 Å². The van der Waals surface area contributed by atoms with Crippen LogP contribution in [0, 0.1) is 0 Å². The molecule has 2 aromatic rings. The Bertz CT molecular complexity index is 1180. The second-order valence-corrected chi connectivity index (χ2v) is 10.9. The van der Waals surface area contributed by atoms with Crippen LogP contribution in [0.5, 0.6) is 0 Å². The molecule has 1 saturated heterocycles. The Morgan fingerprint density at radius 1 is 0.974 bits per heavy atom. The molecule has 3 amide bonds. The predicted molar refractivity (Wildman–Crippen MR) is 145 cm³/mol. The number of amides is 3. The molecule has 0 spiro atoms. The number of aromatic nitrogens is 2. The van der Waals surface area contributed by atoms with Crippen LogP contribution in [0.1, 0.15) is 31.3 Å². The van der Waals surface area contributed by atoms with Gasteiger partial charge in [-0.15, -0.1) is 0 Å². The van der Waals surface area contributed by atoms with E-state index in [1.807, 2.05) is 6.07 Å². The van der Waals surface area contributed by atoms with Crippen molar-refractivity contribution in [2.24, 2.45) is 0 Å². The summed E-state index contributed by atoms with van der Waals surface area (Å²) in [5, 5.41) is 2.69. The van der Waals surface area contributed by atoms with Crippen LogP contribution in [0.2, 0.25) is 5.15 Å². The van der Waals surface area contributed by atoms with Gasteiger partial charge in [-0.25, -0.2) is 14.8 Å². The topological polar surface area (TPSA) is 140 Å². The maximum atomic E-state index is 13.6. The third-order valence-corrected chi connectivity index (χ3v) is 8.05. The number of hydrogen-bond donors (Lipinski definition) is 1. The molecule has 2 heterocycles. The van der Waals surface area contributed by atoms with Gasteiger partial charge in [0.25, 0.3) is 5.91 Å². The van der Waals surface area contributed by atoms with Crippen LogP contribution >= 0.6 is 19.2 Å². The third kappa shape index (κ3) is 8.47. The number of hydrogen-bond acceptors (Lipinski definition) is 9. The summed E-state index contributed by atoms with van der Waals surface area (Å²) in [7, 11) is -3.74. The van der Waals surface area contributed by atoms with E-state index >= 15 is 0 Å². The van der Waals surface area contributed by atoms with Crippen LogP contribution in [0.3, 0.4) is 0 Å². The lowest BCUT2D eigenvalue weighted by molar-refractivity contribution is -0.134. The van der Waals surface area contributed by atoms with Crippen molar-refractivity contribution < 1.29 is 32.7 Å². The number of halogens is 1. The molecule has 1 aromatic heterocycles. The van der Waals surface area contributed by atoms with Gasteiger partial charge < -0.3 is 28.9 Å². The minimum Gasteiger partial charge on any atom is -0.450 e. The number of ether oxygens (including phenoxy) is 1. The maximum absolute atomic E-state index is 13.6. The molecule has 1 atom stereocenters. The first-order chi connectivity index (χ1) is 18.7. The normalized spacial score (nSPS) is 14.6. The molecule has 0 bridgehead atoms. The summed E-state index contributed by atoms with van der Waals surface area (Å²) in [6.45, 7) is 6.36. The molecule has 39 heavy (non-hydrogen) atoms. The standard InChI is InChI=1S/C25H33ClN5O7P/c1-4-36-25(34)31-14-12-30(13-15-31)24(33)20(17-39(35,37-5-2)38-6-3)28-23(32)19-16-21(26)29-22(27-19)18-10-8-7-9-11-18/h7-11,16,20H,4-6,12-15,17H2,1-3H3,(H,28,32). The summed E-state index contributed by atoms with van der Waals surface area (Å²) in [6.07, 6.45) is -0.844. The van der Waals surface area contributed by atoms with Crippen LogP contribution < -0.4 is 5.32 Å². The molecular formula is C25H33ClN5O7P. The Kier molecular flexibility index (Phi) is 11.2. The fourth-order valence-corrected chi connectivity index (χ4v) is 5.92.